The van der Waals surface area contributed by atoms with E-state index in [0.717, 1.165) is 11.1 Å². The molecule has 7 nitrogen and oxygen atoms in total. The minimum atomic E-state index is -1.23. The molecule has 43 heavy (non-hydrogen) atoms. The molecule has 9 heteroatoms. The van der Waals surface area contributed by atoms with Gasteiger partial charge in [-0.2, -0.15) is 0 Å². The average molecular weight is 660 g/mol. The van der Waals surface area contributed by atoms with Crippen molar-refractivity contribution in [2.75, 3.05) is 9.80 Å². The van der Waals surface area contributed by atoms with Crippen LogP contribution in [0.3, 0.4) is 0 Å². The molecule has 0 aromatic heterocycles. The fourth-order valence-electron chi connectivity index (χ4n) is 7.91. The van der Waals surface area contributed by atoms with Crippen LogP contribution in [0.2, 0.25) is 5.02 Å². The fraction of sp³-hybridized carbons (Fsp3) is 0.294. The number of para-hydroxylation sites is 1. The van der Waals surface area contributed by atoms with Gasteiger partial charge in [0.05, 0.1) is 34.5 Å². The average Bonchev–Trinajstić information content (AvgIpc) is 3.36. The van der Waals surface area contributed by atoms with E-state index in [4.69, 9.17) is 11.6 Å². The number of aryl methyl sites for hydroxylation is 1. The van der Waals surface area contributed by atoms with Gasteiger partial charge in [0.15, 0.2) is 0 Å². The molecular formula is C34H28BrClN2O5. The van der Waals surface area contributed by atoms with Gasteiger partial charge >= 0.3 is 0 Å². The largest absolute Gasteiger partial charge is 0.508 e. The molecule has 2 aliphatic carbocycles. The Balaban J connectivity index is 1.38. The van der Waals surface area contributed by atoms with E-state index in [1.807, 2.05) is 19.1 Å². The second kappa shape index (κ2) is 9.89. The third kappa shape index (κ3) is 3.92. The molecule has 4 amide bonds. The van der Waals surface area contributed by atoms with E-state index in [1.165, 1.54) is 9.80 Å². The maximum atomic E-state index is 14.4. The zero-order valence-corrected chi connectivity index (χ0v) is 25.8. The molecule has 2 heterocycles. The van der Waals surface area contributed by atoms with Gasteiger partial charge in [-0.25, -0.2) is 9.80 Å². The molecule has 1 N–H and O–H groups in total. The Labute approximate surface area is 262 Å². The van der Waals surface area contributed by atoms with E-state index < -0.39 is 35.0 Å². The van der Waals surface area contributed by atoms with Crippen LogP contribution in [-0.4, -0.2) is 28.7 Å². The lowest BCUT2D eigenvalue weighted by molar-refractivity contribution is -0.131. The number of amides is 4. The van der Waals surface area contributed by atoms with Crippen LogP contribution in [0.4, 0.5) is 11.4 Å². The van der Waals surface area contributed by atoms with Crippen LogP contribution in [0.1, 0.15) is 36.8 Å². The quantitative estimate of drug-likeness (QED) is 0.254. The SMILES string of the molecule is Cc1ccc(N2C(=O)C3CC=C4C(CC5C(=O)N(c6ccccc6)C(=O)C5(C)C4c4cc(Br)ccc4O)C3C2=O)cc1Cl. The number of phenolic OH excluding ortho intramolecular Hbond substituents is 1. The van der Waals surface area contributed by atoms with E-state index in [1.54, 1.807) is 67.6 Å². The smallest absolute Gasteiger partial charge is 0.241 e. The van der Waals surface area contributed by atoms with Crippen molar-refractivity contribution in [3.63, 3.8) is 0 Å². The van der Waals surface area contributed by atoms with Crippen LogP contribution in [0.5, 0.6) is 5.75 Å². The summed E-state index contributed by atoms with van der Waals surface area (Å²) in [5, 5.41) is 11.6. The maximum Gasteiger partial charge on any atom is 0.241 e. The van der Waals surface area contributed by atoms with E-state index in [9.17, 15) is 24.3 Å². The summed E-state index contributed by atoms with van der Waals surface area (Å²) in [6.45, 7) is 3.65. The van der Waals surface area contributed by atoms with Crippen LogP contribution >= 0.6 is 27.5 Å². The first-order chi connectivity index (χ1) is 20.5. The topological polar surface area (TPSA) is 95.0 Å². The van der Waals surface area contributed by atoms with Crippen molar-refractivity contribution in [1.82, 2.24) is 0 Å². The van der Waals surface area contributed by atoms with Crippen molar-refractivity contribution in [1.29, 1.82) is 0 Å². The van der Waals surface area contributed by atoms with Crippen LogP contribution < -0.4 is 9.80 Å². The summed E-state index contributed by atoms with van der Waals surface area (Å²) in [4.78, 5) is 59.0. The highest BCUT2D eigenvalue weighted by molar-refractivity contribution is 9.10. The molecule has 6 unspecified atom stereocenters. The number of nitrogens with zero attached hydrogens (tertiary/aromatic N) is 2. The highest BCUT2D eigenvalue weighted by Crippen LogP contribution is 2.64. The highest BCUT2D eigenvalue weighted by Gasteiger charge is 2.68. The zero-order chi connectivity index (χ0) is 30.4. The Morgan fingerprint density at radius 3 is 2.35 bits per heavy atom. The Hall–Kier alpha value is -3.75. The summed E-state index contributed by atoms with van der Waals surface area (Å²) < 4.78 is 0.711. The monoisotopic (exact) mass is 658 g/mol. The molecule has 2 aliphatic heterocycles. The first kappa shape index (κ1) is 28.0. The Morgan fingerprint density at radius 1 is 0.884 bits per heavy atom. The summed E-state index contributed by atoms with van der Waals surface area (Å²) in [6.07, 6.45) is 2.52. The van der Waals surface area contributed by atoms with Gasteiger partial charge in [-0.15, -0.1) is 0 Å². The lowest BCUT2D eigenvalue weighted by atomic mass is 9.51. The third-order valence-corrected chi connectivity index (χ3v) is 10.9. The van der Waals surface area contributed by atoms with E-state index in [2.05, 4.69) is 15.9 Å². The highest BCUT2D eigenvalue weighted by atomic mass is 79.9. The van der Waals surface area contributed by atoms with Gasteiger partial charge < -0.3 is 5.11 Å². The summed E-state index contributed by atoms with van der Waals surface area (Å²) >= 11 is 9.89. The predicted octanol–water partition coefficient (Wildman–Crippen LogP) is 6.55. The molecule has 3 aromatic carbocycles. The molecule has 0 bridgehead atoms. The number of halogens is 2. The van der Waals surface area contributed by atoms with Crippen LogP contribution in [0.25, 0.3) is 0 Å². The second-order valence-electron chi connectivity index (χ2n) is 12.1. The molecule has 2 saturated heterocycles. The van der Waals surface area contributed by atoms with Gasteiger partial charge in [0.2, 0.25) is 23.6 Å². The number of fused-ring (bicyclic) bond motifs is 4. The second-order valence-corrected chi connectivity index (χ2v) is 13.5. The first-order valence-electron chi connectivity index (χ1n) is 14.3. The minimum absolute atomic E-state index is 0.00000667. The number of benzene rings is 3. The number of hydrogen-bond donors (Lipinski definition) is 1. The number of anilines is 2. The molecular weight excluding hydrogens is 632 g/mol. The fourth-order valence-corrected chi connectivity index (χ4v) is 8.47. The first-order valence-corrected chi connectivity index (χ1v) is 15.5. The molecule has 3 aromatic rings. The normalized spacial score (nSPS) is 29.9. The van der Waals surface area contributed by atoms with Crippen molar-refractivity contribution in [3.05, 3.63) is 99.0 Å². The van der Waals surface area contributed by atoms with E-state index in [-0.39, 0.29) is 35.8 Å². The molecule has 0 spiro atoms. The molecule has 3 fully saturated rings. The summed E-state index contributed by atoms with van der Waals surface area (Å²) in [7, 11) is 0. The van der Waals surface area contributed by atoms with Crippen LogP contribution in [0, 0.1) is 36.0 Å². The van der Waals surface area contributed by atoms with E-state index in [0.29, 0.717) is 32.9 Å². The molecule has 7 rings (SSSR count). The zero-order valence-electron chi connectivity index (χ0n) is 23.5. The number of phenols is 1. The lowest BCUT2D eigenvalue weighted by Crippen LogP contribution is -2.48. The van der Waals surface area contributed by atoms with Gasteiger partial charge in [0, 0.05) is 21.0 Å². The third-order valence-electron chi connectivity index (χ3n) is 10.0. The maximum absolute atomic E-state index is 14.4. The van der Waals surface area contributed by atoms with Crippen molar-refractivity contribution in [3.8, 4) is 5.75 Å². The Morgan fingerprint density at radius 2 is 1.63 bits per heavy atom. The molecule has 4 aliphatic rings. The number of allylic oxidation sites excluding steroid dienone is 2. The number of imide groups is 2. The van der Waals surface area contributed by atoms with Crippen molar-refractivity contribution in [2.24, 2.45) is 29.1 Å². The van der Waals surface area contributed by atoms with Gasteiger partial charge in [-0.1, -0.05) is 63.4 Å². The van der Waals surface area contributed by atoms with Gasteiger partial charge in [-0.3, -0.25) is 19.2 Å². The number of carbonyl (C=O) groups excluding carboxylic acids is 4. The van der Waals surface area contributed by atoms with Crippen LogP contribution in [-0.2, 0) is 19.2 Å². The number of aromatic hydroxyl groups is 1. The van der Waals surface area contributed by atoms with Gasteiger partial charge in [0.25, 0.3) is 0 Å². The summed E-state index contributed by atoms with van der Waals surface area (Å²) in [6, 6.07) is 19.0. The summed E-state index contributed by atoms with van der Waals surface area (Å²) in [5.41, 5.74) is 1.83. The number of carbonyl (C=O) groups is 4. The number of hydrogen-bond acceptors (Lipinski definition) is 5. The molecule has 6 atom stereocenters. The van der Waals surface area contributed by atoms with E-state index >= 15 is 0 Å². The minimum Gasteiger partial charge on any atom is -0.508 e. The Bertz CT molecular complexity index is 1770. The summed E-state index contributed by atoms with van der Waals surface area (Å²) in [5.74, 6) is -4.54. The van der Waals surface area contributed by atoms with Crippen molar-refractivity contribution >= 4 is 62.5 Å². The Kier molecular flexibility index (Phi) is 6.45. The predicted molar refractivity (Wildman–Crippen MR) is 166 cm³/mol. The number of rotatable bonds is 3. The molecule has 1 saturated carbocycles. The standard InChI is InChI=1S/C34H28BrClN2O5/c1-17-8-10-20(15-26(17)36)37-30(40)22-12-11-21-23(28(22)32(37)42)16-25-31(41)38(19-6-4-3-5-7-19)33(43)34(25,2)29(21)24-14-18(35)9-13-27(24)39/h3-11,13-15,22-23,25,28-29,39H,12,16H2,1-2H3. The van der Waals surface area contributed by atoms with Gasteiger partial charge in [-0.05, 0) is 80.6 Å². The molecule has 0 radical (unpaired) electrons. The van der Waals surface area contributed by atoms with Crippen LogP contribution in [0.15, 0.2) is 82.9 Å². The lowest BCUT2D eigenvalue weighted by Gasteiger charge is -2.49. The van der Waals surface area contributed by atoms with Crippen molar-refractivity contribution < 1.29 is 24.3 Å². The molecule has 218 valence electrons. The van der Waals surface area contributed by atoms with Crippen molar-refractivity contribution in [2.45, 2.75) is 32.6 Å². The van der Waals surface area contributed by atoms with Gasteiger partial charge in [0.1, 0.15) is 5.75 Å².